The molecule has 1 aromatic carbocycles. The van der Waals surface area contributed by atoms with Crippen molar-refractivity contribution in [3.05, 3.63) is 58.8 Å². The van der Waals surface area contributed by atoms with Gasteiger partial charge in [0.15, 0.2) is 0 Å². The second-order valence-corrected chi connectivity index (χ2v) is 7.78. The first-order valence-corrected chi connectivity index (χ1v) is 10.1. The van der Waals surface area contributed by atoms with Crippen molar-refractivity contribution in [3.63, 3.8) is 0 Å². The maximum Gasteiger partial charge on any atom is 0.241 e. The molecule has 2 aromatic heterocycles. The summed E-state index contributed by atoms with van der Waals surface area (Å²) in [6.07, 6.45) is 3.25. The normalized spacial score (nSPS) is 15.6. The van der Waals surface area contributed by atoms with Gasteiger partial charge in [-0.05, 0) is 62.3 Å². The Morgan fingerprint density at radius 2 is 2.00 bits per heavy atom. The van der Waals surface area contributed by atoms with E-state index in [4.69, 9.17) is 8.94 Å². The average molecular weight is 445 g/mol. The van der Waals surface area contributed by atoms with E-state index in [0.29, 0.717) is 24.8 Å². The number of amides is 1. The Morgan fingerprint density at radius 3 is 2.71 bits per heavy atom. The summed E-state index contributed by atoms with van der Waals surface area (Å²) in [6.45, 7) is 2.70. The molecule has 0 spiro atoms. The summed E-state index contributed by atoms with van der Waals surface area (Å²) in [5.41, 5.74) is 0.921. The highest BCUT2D eigenvalue weighted by atomic mass is 79.9. The second-order valence-electron chi connectivity index (χ2n) is 6.87. The Bertz CT molecular complexity index is 900. The van der Waals surface area contributed by atoms with Gasteiger partial charge in [-0.1, -0.05) is 21.1 Å². The van der Waals surface area contributed by atoms with Crippen molar-refractivity contribution in [2.75, 3.05) is 13.1 Å². The van der Waals surface area contributed by atoms with Gasteiger partial charge in [0.05, 0.1) is 19.4 Å². The highest BCUT2D eigenvalue weighted by molar-refractivity contribution is 9.10. The molecule has 146 valence electrons. The van der Waals surface area contributed by atoms with Crippen LogP contribution in [0.15, 0.2) is 56.1 Å². The molecular weight excluding hydrogens is 424 g/mol. The highest BCUT2D eigenvalue weighted by Gasteiger charge is 2.26. The predicted molar refractivity (Wildman–Crippen MR) is 106 cm³/mol. The van der Waals surface area contributed by atoms with E-state index in [-0.39, 0.29) is 11.8 Å². The van der Waals surface area contributed by atoms with Crippen LogP contribution in [0.4, 0.5) is 0 Å². The van der Waals surface area contributed by atoms with Gasteiger partial charge in [0.1, 0.15) is 5.76 Å². The number of benzene rings is 1. The fourth-order valence-corrected chi connectivity index (χ4v) is 3.58. The van der Waals surface area contributed by atoms with Crippen molar-refractivity contribution in [2.45, 2.75) is 25.9 Å². The quantitative estimate of drug-likeness (QED) is 0.624. The molecule has 4 rings (SSSR count). The number of furan rings is 1. The minimum Gasteiger partial charge on any atom is -0.467 e. The lowest BCUT2D eigenvalue weighted by Gasteiger charge is -2.30. The third-order valence-electron chi connectivity index (χ3n) is 4.90. The van der Waals surface area contributed by atoms with Crippen molar-refractivity contribution in [3.8, 4) is 11.4 Å². The van der Waals surface area contributed by atoms with Crippen molar-refractivity contribution >= 4 is 21.8 Å². The van der Waals surface area contributed by atoms with Crippen LogP contribution in [0.1, 0.15) is 24.5 Å². The Hall–Kier alpha value is -2.45. The lowest BCUT2D eigenvalue weighted by molar-refractivity contribution is -0.126. The lowest BCUT2D eigenvalue weighted by Crippen LogP contribution is -2.40. The first-order valence-electron chi connectivity index (χ1n) is 9.28. The monoisotopic (exact) mass is 444 g/mol. The molecule has 1 aliphatic heterocycles. The standard InChI is InChI=1S/C20H21BrN4O3/c21-16-5-3-14(4-6-16)19-23-18(28-24-19)13-25-9-7-15(8-10-25)20(26)22-12-17-2-1-11-27-17/h1-6,11,15H,7-10,12-13H2,(H,22,26). The Kier molecular flexibility index (Phi) is 5.87. The summed E-state index contributed by atoms with van der Waals surface area (Å²) in [4.78, 5) is 19.1. The zero-order valence-corrected chi connectivity index (χ0v) is 16.9. The zero-order chi connectivity index (χ0) is 19.3. The SMILES string of the molecule is O=C(NCc1ccco1)C1CCN(Cc2nc(-c3ccc(Br)cc3)no2)CC1. The highest BCUT2D eigenvalue weighted by Crippen LogP contribution is 2.22. The number of aromatic nitrogens is 2. The molecule has 1 N–H and O–H groups in total. The molecular formula is C20H21BrN4O3. The fraction of sp³-hybridized carbons (Fsp3) is 0.350. The van der Waals surface area contributed by atoms with Crippen LogP contribution in [0, 0.1) is 5.92 Å². The molecule has 1 fully saturated rings. The first kappa shape index (κ1) is 18.9. The summed E-state index contributed by atoms with van der Waals surface area (Å²) >= 11 is 3.42. The van der Waals surface area contributed by atoms with Gasteiger partial charge >= 0.3 is 0 Å². The molecule has 1 saturated heterocycles. The van der Waals surface area contributed by atoms with E-state index in [0.717, 1.165) is 41.7 Å². The maximum atomic E-state index is 12.3. The average Bonchev–Trinajstić information content (AvgIpc) is 3.39. The van der Waals surface area contributed by atoms with E-state index < -0.39 is 0 Å². The molecule has 1 aliphatic rings. The van der Waals surface area contributed by atoms with Crippen molar-refractivity contribution < 1.29 is 13.7 Å². The Morgan fingerprint density at radius 1 is 1.21 bits per heavy atom. The number of piperidine rings is 1. The lowest BCUT2D eigenvalue weighted by atomic mass is 9.96. The van der Waals surface area contributed by atoms with E-state index in [1.165, 1.54) is 0 Å². The van der Waals surface area contributed by atoms with Gasteiger partial charge in [-0.15, -0.1) is 0 Å². The topological polar surface area (TPSA) is 84.4 Å². The molecule has 0 atom stereocenters. The number of hydrogen-bond donors (Lipinski definition) is 1. The third-order valence-corrected chi connectivity index (χ3v) is 5.43. The number of carbonyl (C=O) groups is 1. The minimum atomic E-state index is 0.0345. The van der Waals surface area contributed by atoms with Crippen LogP contribution in [0.3, 0.4) is 0 Å². The number of likely N-dealkylation sites (tertiary alicyclic amines) is 1. The largest absolute Gasteiger partial charge is 0.467 e. The van der Waals surface area contributed by atoms with Crippen molar-refractivity contribution in [1.29, 1.82) is 0 Å². The van der Waals surface area contributed by atoms with Crippen molar-refractivity contribution in [1.82, 2.24) is 20.4 Å². The van der Waals surface area contributed by atoms with E-state index in [1.807, 2.05) is 36.4 Å². The fourth-order valence-electron chi connectivity index (χ4n) is 3.31. The van der Waals surface area contributed by atoms with E-state index in [2.05, 4.69) is 36.3 Å². The zero-order valence-electron chi connectivity index (χ0n) is 15.3. The van der Waals surface area contributed by atoms with Gasteiger partial charge in [0.25, 0.3) is 0 Å². The predicted octanol–water partition coefficient (Wildman–Crippen LogP) is 3.62. The van der Waals surface area contributed by atoms with E-state index in [1.54, 1.807) is 6.26 Å². The van der Waals surface area contributed by atoms with E-state index in [9.17, 15) is 4.79 Å². The number of carbonyl (C=O) groups excluding carboxylic acids is 1. The Labute approximate surface area is 171 Å². The van der Waals surface area contributed by atoms with Gasteiger partial charge in [-0.3, -0.25) is 9.69 Å². The molecule has 28 heavy (non-hydrogen) atoms. The molecule has 0 unspecified atom stereocenters. The van der Waals surface area contributed by atoms with Crippen LogP contribution in [-0.2, 0) is 17.9 Å². The summed E-state index contributed by atoms with van der Waals surface area (Å²) < 4.78 is 11.7. The summed E-state index contributed by atoms with van der Waals surface area (Å²) in [6, 6.07) is 11.5. The maximum absolute atomic E-state index is 12.3. The van der Waals surface area contributed by atoms with E-state index >= 15 is 0 Å². The number of hydrogen-bond acceptors (Lipinski definition) is 6. The van der Waals surface area contributed by atoms with Crippen LogP contribution in [0.2, 0.25) is 0 Å². The minimum absolute atomic E-state index is 0.0345. The van der Waals surface area contributed by atoms with Gasteiger partial charge in [-0.25, -0.2) is 0 Å². The Balaban J connectivity index is 1.25. The van der Waals surface area contributed by atoms with Gasteiger partial charge in [0, 0.05) is 16.0 Å². The second kappa shape index (κ2) is 8.70. The van der Waals surface area contributed by atoms with Gasteiger partial charge in [0.2, 0.25) is 17.6 Å². The van der Waals surface area contributed by atoms with Gasteiger partial charge in [-0.2, -0.15) is 4.98 Å². The third kappa shape index (κ3) is 4.69. The summed E-state index contributed by atoms with van der Waals surface area (Å²) in [5.74, 6) is 2.08. The molecule has 0 bridgehead atoms. The first-order chi connectivity index (χ1) is 13.7. The molecule has 0 aliphatic carbocycles. The number of nitrogens with zero attached hydrogens (tertiary/aromatic N) is 3. The van der Waals surface area contributed by atoms with Crippen LogP contribution in [-0.4, -0.2) is 34.0 Å². The number of halogens is 1. The molecule has 8 heteroatoms. The molecule has 7 nitrogen and oxygen atoms in total. The molecule has 3 heterocycles. The molecule has 3 aromatic rings. The van der Waals surface area contributed by atoms with Gasteiger partial charge < -0.3 is 14.3 Å². The molecule has 0 radical (unpaired) electrons. The van der Waals surface area contributed by atoms with Crippen molar-refractivity contribution in [2.24, 2.45) is 5.92 Å². The summed E-state index contributed by atoms with van der Waals surface area (Å²) in [7, 11) is 0. The van der Waals surface area contributed by atoms with Crippen LogP contribution < -0.4 is 5.32 Å². The number of rotatable bonds is 6. The smallest absolute Gasteiger partial charge is 0.241 e. The number of nitrogens with one attached hydrogen (secondary N) is 1. The van der Waals surface area contributed by atoms with Crippen LogP contribution >= 0.6 is 15.9 Å². The van der Waals surface area contributed by atoms with Crippen LogP contribution in [0.25, 0.3) is 11.4 Å². The van der Waals surface area contributed by atoms with Crippen LogP contribution in [0.5, 0.6) is 0 Å². The summed E-state index contributed by atoms with van der Waals surface area (Å²) in [5, 5.41) is 7.02. The molecule has 0 saturated carbocycles. The molecule has 1 amide bonds.